The highest BCUT2D eigenvalue weighted by atomic mass is 16.4. The van der Waals surface area contributed by atoms with Gasteiger partial charge in [-0.3, -0.25) is 4.79 Å². The summed E-state index contributed by atoms with van der Waals surface area (Å²) < 4.78 is 0. The minimum Gasteiger partial charge on any atom is -0.478 e. The van der Waals surface area contributed by atoms with Gasteiger partial charge in [-0.25, -0.2) is 4.79 Å². The number of aromatic nitrogens is 1. The first kappa shape index (κ1) is 32.6. The van der Waals surface area contributed by atoms with Crippen molar-refractivity contribution in [2.24, 2.45) is 44.8 Å². The Bertz CT molecular complexity index is 1730. The predicted molar refractivity (Wildman–Crippen MR) is 192 cm³/mol. The zero-order valence-electron chi connectivity index (χ0n) is 30.9. The van der Waals surface area contributed by atoms with Gasteiger partial charge in [-0.2, -0.15) is 0 Å². The summed E-state index contributed by atoms with van der Waals surface area (Å²) in [5, 5.41) is 11.2. The molecule has 7 atom stereocenters. The van der Waals surface area contributed by atoms with Gasteiger partial charge >= 0.3 is 5.97 Å². The molecule has 1 aliphatic heterocycles. The standard InChI is InChI=1S/C42H59N3O3/c1-37(2)16-18-42(36(48)45-22-20-44(8)21-23-45)19-17-40(6)29(30(42)25-37)12-13-32-39(5)24-28-26-10-9-11-27(35(46)47)33(26)43-34(28)38(3,4)31(39)14-15-41(32,40)7/h9-12,30-32,43H,13-25H2,1-8H3,(H,46,47)/t30-,31-,32+,39-,40+,41+,42-/m0/s1. The molecule has 6 nitrogen and oxygen atoms in total. The van der Waals surface area contributed by atoms with E-state index in [-0.39, 0.29) is 32.5 Å². The normalized spacial score (nSPS) is 40.1. The van der Waals surface area contributed by atoms with Gasteiger partial charge in [0.2, 0.25) is 5.91 Å². The first-order valence-corrected chi connectivity index (χ1v) is 19.0. The number of amides is 1. The maximum Gasteiger partial charge on any atom is 0.337 e. The molecule has 260 valence electrons. The Morgan fingerprint density at radius 2 is 1.60 bits per heavy atom. The number of carboxylic acid groups (broad SMARTS) is 1. The molecule has 0 spiro atoms. The molecule has 3 saturated carbocycles. The van der Waals surface area contributed by atoms with Gasteiger partial charge < -0.3 is 19.9 Å². The molecule has 1 aromatic carbocycles. The number of fused-ring (bicyclic) bond motifs is 10. The topological polar surface area (TPSA) is 76.6 Å². The van der Waals surface area contributed by atoms with Crippen LogP contribution in [-0.2, 0) is 16.6 Å². The Morgan fingerprint density at radius 1 is 0.896 bits per heavy atom. The van der Waals surface area contributed by atoms with Gasteiger partial charge in [0.1, 0.15) is 0 Å². The molecule has 8 rings (SSSR count). The summed E-state index contributed by atoms with van der Waals surface area (Å²) in [7, 11) is 2.18. The van der Waals surface area contributed by atoms with Gasteiger partial charge in [0.25, 0.3) is 0 Å². The Labute approximate surface area is 288 Å². The second-order valence-corrected chi connectivity index (χ2v) is 19.4. The van der Waals surface area contributed by atoms with Crippen molar-refractivity contribution in [3.8, 4) is 0 Å². The summed E-state index contributed by atoms with van der Waals surface area (Å²) in [5.41, 5.74) is 5.58. The summed E-state index contributed by atoms with van der Waals surface area (Å²) in [6, 6.07) is 5.80. The number of hydrogen-bond acceptors (Lipinski definition) is 3. The number of carboxylic acids is 1. The first-order valence-electron chi connectivity index (χ1n) is 19.0. The number of nitrogens with zero attached hydrogens (tertiary/aromatic N) is 2. The maximum atomic E-state index is 14.8. The number of carbonyl (C=O) groups excluding carboxylic acids is 1. The van der Waals surface area contributed by atoms with Crippen molar-refractivity contribution in [2.75, 3.05) is 33.2 Å². The highest BCUT2D eigenvalue weighted by Crippen LogP contribution is 2.75. The van der Waals surface area contributed by atoms with E-state index in [0.29, 0.717) is 29.2 Å². The third kappa shape index (κ3) is 4.13. The molecule has 2 N–H and O–H groups in total. The van der Waals surface area contributed by atoms with Gasteiger partial charge in [0, 0.05) is 42.7 Å². The van der Waals surface area contributed by atoms with E-state index in [4.69, 9.17) is 0 Å². The monoisotopic (exact) mass is 653 g/mol. The lowest BCUT2D eigenvalue weighted by Gasteiger charge is -2.71. The third-order valence-corrected chi connectivity index (χ3v) is 16.4. The van der Waals surface area contributed by atoms with Gasteiger partial charge in [-0.15, -0.1) is 0 Å². The van der Waals surface area contributed by atoms with Crippen molar-refractivity contribution in [1.29, 1.82) is 0 Å². The van der Waals surface area contributed by atoms with E-state index in [2.05, 4.69) is 82.4 Å². The lowest BCUT2D eigenvalue weighted by atomic mass is 9.33. The van der Waals surface area contributed by atoms with E-state index in [1.807, 2.05) is 6.07 Å². The number of rotatable bonds is 2. The number of H-pyrrole nitrogens is 1. The van der Waals surface area contributed by atoms with E-state index in [1.165, 1.54) is 24.1 Å². The molecule has 1 amide bonds. The molecule has 1 saturated heterocycles. The van der Waals surface area contributed by atoms with Crippen molar-refractivity contribution in [1.82, 2.24) is 14.8 Å². The Balaban J connectivity index is 1.21. The molecule has 48 heavy (non-hydrogen) atoms. The zero-order valence-corrected chi connectivity index (χ0v) is 30.9. The highest BCUT2D eigenvalue weighted by Gasteiger charge is 2.69. The summed E-state index contributed by atoms with van der Waals surface area (Å²) in [6.45, 7) is 21.3. The molecule has 0 unspecified atom stereocenters. The van der Waals surface area contributed by atoms with Crippen molar-refractivity contribution in [2.45, 2.75) is 112 Å². The van der Waals surface area contributed by atoms with E-state index in [9.17, 15) is 14.7 Å². The fourth-order valence-corrected chi connectivity index (χ4v) is 13.5. The fraction of sp³-hybridized carbons (Fsp3) is 0.714. The SMILES string of the molecule is CN1CCN(C(=O)[C@]23CCC(C)(C)C[C@H]2C2=CC[C@@H]4[C@@]5(C)Cc6c([nH]c7c(C(=O)O)cccc67)C(C)(C)[C@@H]5CC[C@@]4(C)[C@]2(C)CC3)CC1. The number of aromatic amines is 1. The van der Waals surface area contributed by atoms with Crippen LogP contribution in [0.4, 0.5) is 0 Å². The van der Waals surface area contributed by atoms with Crippen LogP contribution in [0.25, 0.3) is 10.9 Å². The Hall–Kier alpha value is -2.60. The predicted octanol–water partition coefficient (Wildman–Crippen LogP) is 8.46. The van der Waals surface area contributed by atoms with Gasteiger partial charge in [-0.1, -0.05) is 72.2 Å². The molecule has 5 aliphatic carbocycles. The largest absolute Gasteiger partial charge is 0.478 e. The van der Waals surface area contributed by atoms with Gasteiger partial charge in [-0.05, 0) is 116 Å². The van der Waals surface area contributed by atoms with Crippen LogP contribution in [0.2, 0.25) is 0 Å². The van der Waals surface area contributed by atoms with Crippen LogP contribution in [0, 0.1) is 44.8 Å². The van der Waals surface area contributed by atoms with E-state index in [1.54, 1.807) is 11.6 Å². The zero-order chi connectivity index (χ0) is 34.2. The molecular weight excluding hydrogens is 594 g/mol. The lowest BCUT2D eigenvalue weighted by Crippen LogP contribution is -2.65. The molecule has 6 aliphatic rings. The van der Waals surface area contributed by atoms with Crippen LogP contribution < -0.4 is 0 Å². The Morgan fingerprint density at radius 3 is 2.31 bits per heavy atom. The molecule has 2 aromatic rings. The fourth-order valence-electron chi connectivity index (χ4n) is 13.5. The number of likely N-dealkylation sites (N-methyl/N-ethyl adjacent to an activating group) is 1. The number of para-hydroxylation sites is 1. The van der Waals surface area contributed by atoms with Crippen molar-refractivity contribution >= 4 is 22.8 Å². The average Bonchev–Trinajstić information content (AvgIpc) is 3.40. The molecule has 0 radical (unpaired) electrons. The molecule has 2 heterocycles. The third-order valence-electron chi connectivity index (χ3n) is 16.4. The second kappa shape index (κ2) is 10.2. The lowest BCUT2D eigenvalue weighted by molar-refractivity contribution is -0.173. The molecule has 1 aromatic heterocycles. The first-order chi connectivity index (χ1) is 22.5. The molecular formula is C42H59N3O3. The summed E-state index contributed by atoms with van der Waals surface area (Å²) in [5.74, 6) is 0.952. The van der Waals surface area contributed by atoms with Gasteiger partial charge in [0.05, 0.1) is 16.5 Å². The van der Waals surface area contributed by atoms with Crippen molar-refractivity contribution in [3.63, 3.8) is 0 Å². The summed E-state index contributed by atoms with van der Waals surface area (Å²) in [6.07, 6.45) is 12.6. The van der Waals surface area contributed by atoms with Crippen LogP contribution in [0.15, 0.2) is 29.8 Å². The van der Waals surface area contributed by atoms with Crippen LogP contribution in [0.5, 0.6) is 0 Å². The van der Waals surface area contributed by atoms with Crippen LogP contribution in [0.1, 0.15) is 121 Å². The molecule has 6 heteroatoms. The Kier molecular flexibility index (Phi) is 6.95. The van der Waals surface area contributed by atoms with E-state index in [0.717, 1.165) is 82.0 Å². The smallest absolute Gasteiger partial charge is 0.337 e. The molecule has 0 bridgehead atoms. The summed E-state index contributed by atoms with van der Waals surface area (Å²) in [4.78, 5) is 35.3. The number of carbonyl (C=O) groups is 2. The minimum absolute atomic E-state index is 0.0645. The summed E-state index contributed by atoms with van der Waals surface area (Å²) >= 11 is 0. The number of allylic oxidation sites excluding steroid dienone is 2. The van der Waals surface area contributed by atoms with E-state index >= 15 is 0 Å². The van der Waals surface area contributed by atoms with Crippen LogP contribution in [-0.4, -0.2) is 65.0 Å². The van der Waals surface area contributed by atoms with Crippen molar-refractivity contribution < 1.29 is 14.7 Å². The minimum atomic E-state index is -0.864. The van der Waals surface area contributed by atoms with Gasteiger partial charge in [0.15, 0.2) is 0 Å². The number of nitrogens with one attached hydrogen (secondary N) is 1. The number of benzene rings is 1. The number of aromatic carboxylic acids is 1. The molecule has 4 fully saturated rings. The van der Waals surface area contributed by atoms with E-state index < -0.39 is 5.97 Å². The number of hydrogen-bond donors (Lipinski definition) is 2. The second-order valence-electron chi connectivity index (χ2n) is 19.4. The quantitative estimate of drug-likeness (QED) is 0.319. The number of piperazine rings is 1. The average molecular weight is 654 g/mol. The highest BCUT2D eigenvalue weighted by molar-refractivity contribution is 6.03. The van der Waals surface area contributed by atoms with Crippen LogP contribution >= 0.6 is 0 Å². The van der Waals surface area contributed by atoms with Crippen LogP contribution in [0.3, 0.4) is 0 Å². The van der Waals surface area contributed by atoms with Crippen molar-refractivity contribution in [3.05, 3.63) is 46.7 Å². The maximum absolute atomic E-state index is 14.8.